The topological polar surface area (TPSA) is 58.4 Å². The molecule has 1 aliphatic carbocycles. The Kier molecular flexibility index (Phi) is 7.14. The van der Waals surface area contributed by atoms with Gasteiger partial charge in [-0.05, 0) is 56.5 Å². The van der Waals surface area contributed by atoms with Crippen LogP contribution in [0.25, 0.3) is 0 Å². The average Bonchev–Trinajstić information content (AvgIpc) is 2.43. The highest BCUT2D eigenvalue weighted by Gasteiger charge is 2.37. The molecule has 0 heterocycles. The predicted octanol–water partition coefficient (Wildman–Crippen LogP) is 2.23. The van der Waals surface area contributed by atoms with Crippen molar-refractivity contribution in [3.63, 3.8) is 0 Å². The van der Waals surface area contributed by atoms with Gasteiger partial charge in [-0.1, -0.05) is 27.7 Å². The normalized spacial score (nSPS) is 26.9. The molecule has 0 aromatic heterocycles. The summed E-state index contributed by atoms with van der Waals surface area (Å²) in [5.74, 6) is 1.37. The van der Waals surface area contributed by atoms with E-state index < -0.39 is 0 Å². The van der Waals surface area contributed by atoms with Crippen molar-refractivity contribution in [3.8, 4) is 0 Å². The first-order valence-electron chi connectivity index (χ1n) is 8.54. The quantitative estimate of drug-likeness (QED) is 0.790. The maximum absolute atomic E-state index is 11.9. The van der Waals surface area contributed by atoms with Gasteiger partial charge in [-0.15, -0.1) is 0 Å². The van der Waals surface area contributed by atoms with E-state index in [9.17, 15) is 4.79 Å². The standard InChI is InChI=1S/C17H35N3O/c1-6-19-16(21)12-20(7-2)15-10-14(17(3,4)5)9-8-13(15)11-18/h13-15H,6-12,18H2,1-5H3,(H,19,21). The molecule has 3 atom stereocenters. The lowest BCUT2D eigenvalue weighted by Gasteiger charge is -2.45. The Hall–Kier alpha value is -0.610. The van der Waals surface area contributed by atoms with Crippen molar-refractivity contribution in [1.82, 2.24) is 10.2 Å². The SMILES string of the molecule is CCNC(=O)CN(CC)C1CC(C(C)(C)C)CCC1CN. The first-order chi connectivity index (χ1) is 9.83. The van der Waals surface area contributed by atoms with Gasteiger partial charge in [0.1, 0.15) is 0 Å². The summed E-state index contributed by atoms with van der Waals surface area (Å²) in [6, 6.07) is 0.445. The maximum Gasteiger partial charge on any atom is 0.234 e. The second-order valence-electron chi connectivity index (χ2n) is 7.46. The molecule has 1 rings (SSSR count). The summed E-state index contributed by atoms with van der Waals surface area (Å²) in [4.78, 5) is 14.3. The van der Waals surface area contributed by atoms with E-state index in [1.54, 1.807) is 0 Å². The number of hydrogen-bond acceptors (Lipinski definition) is 3. The van der Waals surface area contributed by atoms with Gasteiger partial charge in [0.15, 0.2) is 0 Å². The minimum atomic E-state index is 0.132. The van der Waals surface area contributed by atoms with E-state index in [-0.39, 0.29) is 5.91 Å². The van der Waals surface area contributed by atoms with Crippen LogP contribution in [0.5, 0.6) is 0 Å². The Labute approximate surface area is 130 Å². The zero-order chi connectivity index (χ0) is 16.0. The number of hydrogen-bond donors (Lipinski definition) is 2. The number of rotatable bonds is 6. The lowest BCUT2D eigenvalue weighted by atomic mass is 9.67. The van der Waals surface area contributed by atoms with E-state index >= 15 is 0 Å². The van der Waals surface area contributed by atoms with E-state index in [1.165, 1.54) is 19.3 Å². The van der Waals surface area contributed by atoms with E-state index in [1.807, 2.05) is 6.92 Å². The van der Waals surface area contributed by atoms with Crippen molar-refractivity contribution in [2.75, 3.05) is 26.2 Å². The first kappa shape index (κ1) is 18.4. The van der Waals surface area contributed by atoms with Crippen LogP contribution < -0.4 is 11.1 Å². The van der Waals surface area contributed by atoms with Gasteiger partial charge in [-0.3, -0.25) is 9.69 Å². The molecule has 4 nitrogen and oxygen atoms in total. The number of nitrogens with one attached hydrogen (secondary N) is 1. The molecule has 1 fully saturated rings. The van der Waals surface area contributed by atoms with Gasteiger partial charge in [0.25, 0.3) is 0 Å². The number of carbonyl (C=O) groups is 1. The molecule has 0 radical (unpaired) electrons. The Bertz CT molecular complexity index is 324. The Morgan fingerprint density at radius 2 is 1.95 bits per heavy atom. The Balaban J connectivity index is 2.78. The molecule has 21 heavy (non-hydrogen) atoms. The van der Waals surface area contributed by atoms with Crippen LogP contribution in [0.1, 0.15) is 53.9 Å². The Morgan fingerprint density at radius 3 is 2.43 bits per heavy atom. The van der Waals surface area contributed by atoms with Gasteiger partial charge in [0, 0.05) is 12.6 Å². The van der Waals surface area contributed by atoms with E-state index in [0.717, 1.165) is 13.1 Å². The highest BCUT2D eigenvalue weighted by atomic mass is 16.2. The molecule has 124 valence electrons. The van der Waals surface area contributed by atoms with E-state index in [2.05, 4.69) is 37.9 Å². The summed E-state index contributed by atoms with van der Waals surface area (Å²) in [7, 11) is 0. The number of carbonyl (C=O) groups excluding carboxylic acids is 1. The Morgan fingerprint density at radius 1 is 1.29 bits per heavy atom. The molecule has 1 saturated carbocycles. The van der Waals surface area contributed by atoms with Crippen molar-refractivity contribution in [2.45, 2.75) is 59.9 Å². The van der Waals surface area contributed by atoms with Crippen molar-refractivity contribution in [3.05, 3.63) is 0 Å². The molecule has 0 saturated heterocycles. The van der Waals surface area contributed by atoms with Crippen molar-refractivity contribution >= 4 is 5.91 Å². The fraction of sp³-hybridized carbons (Fsp3) is 0.941. The van der Waals surface area contributed by atoms with Crippen LogP contribution in [0.4, 0.5) is 0 Å². The minimum absolute atomic E-state index is 0.132. The number of nitrogens with two attached hydrogens (primary N) is 1. The number of amides is 1. The van der Waals surface area contributed by atoms with Crippen molar-refractivity contribution in [1.29, 1.82) is 0 Å². The van der Waals surface area contributed by atoms with Gasteiger partial charge in [-0.2, -0.15) is 0 Å². The third kappa shape index (κ3) is 5.26. The summed E-state index contributed by atoms with van der Waals surface area (Å²) < 4.78 is 0. The highest BCUT2D eigenvalue weighted by Crippen LogP contribution is 2.41. The van der Waals surface area contributed by atoms with Crippen molar-refractivity contribution in [2.24, 2.45) is 23.0 Å². The molecule has 4 heteroatoms. The third-order valence-electron chi connectivity index (χ3n) is 5.08. The van der Waals surface area contributed by atoms with Crippen LogP contribution >= 0.6 is 0 Å². The van der Waals surface area contributed by atoms with Gasteiger partial charge >= 0.3 is 0 Å². The maximum atomic E-state index is 11.9. The molecule has 0 aromatic rings. The molecule has 1 amide bonds. The number of likely N-dealkylation sites (N-methyl/N-ethyl adjacent to an activating group) is 2. The van der Waals surface area contributed by atoms with Crippen LogP contribution in [0.3, 0.4) is 0 Å². The zero-order valence-electron chi connectivity index (χ0n) is 14.6. The fourth-order valence-corrected chi connectivity index (χ4v) is 3.62. The molecule has 1 aliphatic rings. The molecule has 0 aromatic carbocycles. The molecule has 0 aliphatic heterocycles. The number of nitrogens with zero attached hydrogens (tertiary/aromatic N) is 1. The summed E-state index contributed by atoms with van der Waals surface area (Å²) >= 11 is 0. The molecule has 3 N–H and O–H groups in total. The summed E-state index contributed by atoms with van der Waals surface area (Å²) in [5.41, 5.74) is 6.34. The minimum Gasteiger partial charge on any atom is -0.355 e. The zero-order valence-corrected chi connectivity index (χ0v) is 14.6. The van der Waals surface area contributed by atoms with Crippen LogP contribution in [-0.4, -0.2) is 43.0 Å². The van der Waals surface area contributed by atoms with E-state index in [0.29, 0.717) is 36.4 Å². The predicted molar refractivity (Wildman–Crippen MR) is 89.1 cm³/mol. The first-order valence-corrected chi connectivity index (χ1v) is 8.54. The van der Waals surface area contributed by atoms with Gasteiger partial charge < -0.3 is 11.1 Å². The van der Waals surface area contributed by atoms with Crippen molar-refractivity contribution < 1.29 is 4.79 Å². The summed E-state index contributed by atoms with van der Waals surface area (Å²) in [5, 5.41) is 2.91. The van der Waals surface area contributed by atoms with Gasteiger partial charge in [0.05, 0.1) is 6.54 Å². The van der Waals surface area contributed by atoms with E-state index in [4.69, 9.17) is 5.73 Å². The molecular formula is C17H35N3O. The molecule has 0 bridgehead atoms. The molecule has 3 unspecified atom stereocenters. The van der Waals surface area contributed by atoms with Gasteiger partial charge in [0.2, 0.25) is 5.91 Å². The smallest absolute Gasteiger partial charge is 0.234 e. The van der Waals surface area contributed by atoms with Crippen LogP contribution in [-0.2, 0) is 4.79 Å². The van der Waals surface area contributed by atoms with Crippen LogP contribution in [0.15, 0.2) is 0 Å². The summed E-state index contributed by atoms with van der Waals surface area (Å²) in [6.45, 7) is 13.9. The monoisotopic (exact) mass is 297 g/mol. The van der Waals surface area contributed by atoms with Crippen LogP contribution in [0.2, 0.25) is 0 Å². The highest BCUT2D eigenvalue weighted by molar-refractivity contribution is 5.77. The second-order valence-corrected chi connectivity index (χ2v) is 7.46. The average molecular weight is 297 g/mol. The van der Waals surface area contributed by atoms with Gasteiger partial charge in [-0.25, -0.2) is 0 Å². The lowest BCUT2D eigenvalue weighted by Crippen LogP contribution is -2.51. The molecule has 0 spiro atoms. The summed E-state index contributed by atoms with van der Waals surface area (Å²) in [6.07, 6.45) is 3.62. The van der Waals surface area contributed by atoms with Crippen LogP contribution in [0, 0.1) is 17.3 Å². The molecular weight excluding hydrogens is 262 g/mol. The fourth-order valence-electron chi connectivity index (χ4n) is 3.62. The largest absolute Gasteiger partial charge is 0.355 e. The lowest BCUT2D eigenvalue weighted by molar-refractivity contribution is -0.123. The second kappa shape index (κ2) is 8.14. The third-order valence-corrected chi connectivity index (χ3v) is 5.08.